The van der Waals surface area contributed by atoms with E-state index in [9.17, 15) is 18.0 Å². The normalized spacial score (nSPS) is 15.7. The molecule has 0 bridgehead atoms. The number of halogens is 3. The molecule has 1 aliphatic heterocycles. The lowest BCUT2D eigenvalue weighted by Crippen LogP contribution is -2.39. The first-order valence-electron chi connectivity index (χ1n) is 8.71. The summed E-state index contributed by atoms with van der Waals surface area (Å²) in [5.74, 6) is 0.624. The molecule has 0 radical (unpaired) electrons. The first kappa shape index (κ1) is 20.1. The van der Waals surface area contributed by atoms with Crippen LogP contribution >= 0.6 is 0 Å². The number of nitrogens with zero attached hydrogens (tertiary/aromatic N) is 4. The summed E-state index contributed by atoms with van der Waals surface area (Å²) in [5.41, 5.74) is -0.882. The second kappa shape index (κ2) is 8.91. The van der Waals surface area contributed by atoms with Gasteiger partial charge in [0, 0.05) is 51.4 Å². The van der Waals surface area contributed by atoms with Gasteiger partial charge in [-0.05, 0) is 19.8 Å². The topological polar surface area (TPSA) is 74.6 Å². The summed E-state index contributed by atoms with van der Waals surface area (Å²) in [6.45, 7) is 4.40. The van der Waals surface area contributed by atoms with Crippen LogP contribution in [0.2, 0.25) is 0 Å². The lowest BCUT2D eigenvalue weighted by molar-refractivity contribution is -0.142. The smallest absolute Gasteiger partial charge is 0.357 e. The molecule has 2 rings (SSSR count). The summed E-state index contributed by atoms with van der Waals surface area (Å²) in [5, 5.41) is 9.57. The van der Waals surface area contributed by atoms with Crippen LogP contribution in [0.1, 0.15) is 37.4 Å². The molecule has 146 valence electrons. The zero-order valence-corrected chi connectivity index (χ0v) is 15.1. The van der Waals surface area contributed by atoms with Crippen molar-refractivity contribution in [2.24, 2.45) is 12.0 Å². The maximum atomic E-state index is 13.0. The highest BCUT2D eigenvalue weighted by molar-refractivity contribution is 5.79. The number of carbonyl (C=O) groups excluding carboxylic acids is 1. The minimum Gasteiger partial charge on any atom is -0.357 e. The van der Waals surface area contributed by atoms with E-state index in [2.05, 4.69) is 20.7 Å². The molecule has 2 heterocycles. The molecule has 0 aromatic carbocycles. The van der Waals surface area contributed by atoms with E-state index in [1.54, 1.807) is 0 Å². The van der Waals surface area contributed by atoms with Crippen molar-refractivity contribution in [1.82, 2.24) is 25.3 Å². The van der Waals surface area contributed by atoms with Gasteiger partial charge in [-0.1, -0.05) is 0 Å². The minimum absolute atomic E-state index is 0.0277. The number of aryl methyl sites for hydroxylation is 1. The summed E-state index contributed by atoms with van der Waals surface area (Å²) in [6.07, 6.45) is -0.904. The Morgan fingerprint density at radius 2 is 2.15 bits per heavy atom. The van der Waals surface area contributed by atoms with Gasteiger partial charge in [-0.3, -0.25) is 9.48 Å². The fourth-order valence-corrected chi connectivity index (χ4v) is 2.82. The molecular formula is C16H25F3N6O. The lowest BCUT2D eigenvalue weighted by Gasteiger charge is -2.16. The predicted molar refractivity (Wildman–Crippen MR) is 91.5 cm³/mol. The van der Waals surface area contributed by atoms with Gasteiger partial charge in [0.05, 0.1) is 6.54 Å². The summed E-state index contributed by atoms with van der Waals surface area (Å²) >= 11 is 0. The third-order valence-corrected chi connectivity index (χ3v) is 3.99. The van der Waals surface area contributed by atoms with Gasteiger partial charge in [0.1, 0.15) is 0 Å². The highest BCUT2D eigenvalue weighted by atomic mass is 19.4. The van der Waals surface area contributed by atoms with Crippen molar-refractivity contribution in [2.75, 3.05) is 26.2 Å². The molecule has 0 spiro atoms. The number of carbonyl (C=O) groups is 1. The van der Waals surface area contributed by atoms with Crippen molar-refractivity contribution >= 4 is 11.9 Å². The lowest BCUT2D eigenvalue weighted by atomic mass is 10.2. The van der Waals surface area contributed by atoms with E-state index in [0.717, 1.165) is 24.1 Å². The molecule has 0 unspecified atom stereocenters. The molecule has 1 aliphatic rings. The van der Waals surface area contributed by atoms with Crippen LogP contribution in [-0.4, -0.2) is 52.7 Å². The Bertz CT molecular complexity index is 640. The molecule has 1 amide bonds. The monoisotopic (exact) mass is 374 g/mol. The van der Waals surface area contributed by atoms with E-state index in [-0.39, 0.29) is 18.0 Å². The zero-order chi connectivity index (χ0) is 19.2. The number of aromatic nitrogens is 2. The van der Waals surface area contributed by atoms with Crippen molar-refractivity contribution in [3.63, 3.8) is 0 Å². The number of guanidine groups is 1. The van der Waals surface area contributed by atoms with E-state index in [0.29, 0.717) is 32.0 Å². The Hall–Kier alpha value is -2.26. The van der Waals surface area contributed by atoms with Gasteiger partial charge < -0.3 is 15.5 Å². The molecule has 2 N–H and O–H groups in total. The number of aliphatic imine (C=N–C) groups is 1. The predicted octanol–water partition coefficient (Wildman–Crippen LogP) is 1.51. The van der Waals surface area contributed by atoms with Gasteiger partial charge in [0.25, 0.3) is 0 Å². The van der Waals surface area contributed by atoms with Gasteiger partial charge in [-0.15, -0.1) is 0 Å². The average molecular weight is 374 g/mol. The number of hydrogen-bond acceptors (Lipinski definition) is 3. The van der Waals surface area contributed by atoms with Crippen LogP contribution in [-0.2, 0) is 24.6 Å². The number of rotatable bonds is 7. The van der Waals surface area contributed by atoms with Crippen molar-refractivity contribution in [3.8, 4) is 0 Å². The van der Waals surface area contributed by atoms with Gasteiger partial charge in [-0.25, -0.2) is 4.99 Å². The molecule has 10 heteroatoms. The van der Waals surface area contributed by atoms with E-state index in [1.807, 2.05) is 11.8 Å². The van der Waals surface area contributed by atoms with Gasteiger partial charge >= 0.3 is 6.18 Å². The Kier molecular flexibility index (Phi) is 6.87. The Labute approximate surface area is 150 Å². The van der Waals surface area contributed by atoms with Crippen LogP contribution in [0.25, 0.3) is 0 Å². The molecule has 7 nitrogen and oxygen atoms in total. The van der Waals surface area contributed by atoms with Crippen LogP contribution in [0, 0.1) is 0 Å². The van der Waals surface area contributed by atoms with Crippen molar-refractivity contribution in [1.29, 1.82) is 0 Å². The quantitative estimate of drug-likeness (QED) is 0.431. The second-order valence-electron chi connectivity index (χ2n) is 6.13. The van der Waals surface area contributed by atoms with Gasteiger partial charge in [-0.2, -0.15) is 18.3 Å². The SMILES string of the molecule is CCNC(=NCc1cn(C)nc1C(F)(F)F)NCCCN1CCCC1=O. The zero-order valence-electron chi connectivity index (χ0n) is 15.1. The average Bonchev–Trinajstić information content (AvgIpc) is 3.14. The van der Waals surface area contributed by atoms with E-state index in [1.165, 1.54) is 13.2 Å². The molecule has 1 aromatic heterocycles. The third-order valence-electron chi connectivity index (χ3n) is 3.99. The van der Waals surface area contributed by atoms with Crippen molar-refractivity contribution in [2.45, 2.75) is 38.9 Å². The molecule has 26 heavy (non-hydrogen) atoms. The summed E-state index contributed by atoms with van der Waals surface area (Å²) in [4.78, 5) is 17.6. The van der Waals surface area contributed by atoms with Crippen LogP contribution in [0.15, 0.2) is 11.2 Å². The number of amides is 1. The molecule has 0 aliphatic carbocycles. The van der Waals surface area contributed by atoms with E-state index in [4.69, 9.17) is 0 Å². The molecule has 1 fully saturated rings. The van der Waals surface area contributed by atoms with Crippen LogP contribution in [0.4, 0.5) is 13.2 Å². The minimum atomic E-state index is -4.50. The fraction of sp³-hybridized carbons (Fsp3) is 0.688. The van der Waals surface area contributed by atoms with Crippen LogP contribution < -0.4 is 10.6 Å². The maximum absolute atomic E-state index is 13.0. The summed E-state index contributed by atoms with van der Waals surface area (Å²) in [6, 6.07) is 0. The Morgan fingerprint density at radius 3 is 2.77 bits per heavy atom. The van der Waals surface area contributed by atoms with Crippen molar-refractivity contribution < 1.29 is 18.0 Å². The molecule has 1 aromatic rings. The first-order valence-corrected chi connectivity index (χ1v) is 8.71. The van der Waals surface area contributed by atoms with Crippen LogP contribution in [0.3, 0.4) is 0 Å². The van der Waals surface area contributed by atoms with Crippen molar-refractivity contribution in [3.05, 3.63) is 17.5 Å². The van der Waals surface area contributed by atoms with E-state index < -0.39 is 11.9 Å². The van der Waals surface area contributed by atoms with E-state index >= 15 is 0 Å². The molecule has 0 saturated carbocycles. The number of likely N-dealkylation sites (tertiary alicyclic amines) is 1. The Morgan fingerprint density at radius 1 is 1.38 bits per heavy atom. The third kappa shape index (κ3) is 5.63. The standard InChI is InChI=1S/C16H25F3N6O/c1-3-20-15(21-7-5-9-25-8-4-6-13(25)26)22-10-12-11-24(2)23-14(12)16(17,18)19/h11H,3-10H2,1-2H3,(H2,20,21,22). The molecule has 0 atom stereocenters. The van der Waals surface area contributed by atoms with Crippen LogP contribution in [0.5, 0.6) is 0 Å². The molecular weight excluding hydrogens is 349 g/mol. The fourth-order valence-electron chi connectivity index (χ4n) is 2.82. The Balaban J connectivity index is 1.89. The van der Waals surface area contributed by atoms with Gasteiger partial charge in [0.15, 0.2) is 11.7 Å². The maximum Gasteiger partial charge on any atom is 0.435 e. The summed E-state index contributed by atoms with van der Waals surface area (Å²) in [7, 11) is 1.45. The largest absolute Gasteiger partial charge is 0.435 e. The second-order valence-corrected chi connectivity index (χ2v) is 6.13. The first-order chi connectivity index (χ1) is 12.3. The van der Waals surface area contributed by atoms with Gasteiger partial charge in [0.2, 0.25) is 5.91 Å². The highest BCUT2D eigenvalue weighted by Gasteiger charge is 2.36. The number of alkyl halides is 3. The number of hydrogen-bond donors (Lipinski definition) is 2. The summed E-state index contributed by atoms with van der Waals surface area (Å²) < 4.78 is 40.1. The number of nitrogens with one attached hydrogen (secondary N) is 2. The highest BCUT2D eigenvalue weighted by Crippen LogP contribution is 2.30. The molecule has 1 saturated heterocycles.